The molecule has 0 amide bonds. The van der Waals surface area contributed by atoms with E-state index >= 15 is 0 Å². The molecule has 8 nitrogen and oxygen atoms in total. The standard InChI is InChI=1S/C23H20Cl2N6O2/c1-30-21-18(28-20(22(30)32)19-16(24)3-2-4-17(19)25)13-26-23(29-21)27-14-5-7-15(8-6-14)31-9-11-33-12-10-31/h2-8,13H,9-12H2,1H3,(H,26,27,29). The summed E-state index contributed by atoms with van der Waals surface area (Å²) >= 11 is 12.6. The van der Waals surface area contributed by atoms with Gasteiger partial charge in [0.25, 0.3) is 5.56 Å². The Morgan fingerprint density at radius 3 is 2.39 bits per heavy atom. The van der Waals surface area contributed by atoms with E-state index in [1.165, 1.54) is 4.57 Å². The van der Waals surface area contributed by atoms with Gasteiger partial charge in [0, 0.05) is 37.1 Å². The van der Waals surface area contributed by atoms with Gasteiger partial charge in [0.05, 0.1) is 29.5 Å². The van der Waals surface area contributed by atoms with Crippen LogP contribution >= 0.6 is 23.2 Å². The topological polar surface area (TPSA) is 85.2 Å². The van der Waals surface area contributed by atoms with Gasteiger partial charge >= 0.3 is 0 Å². The molecule has 10 heteroatoms. The Balaban J connectivity index is 1.45. The molecule has 0 saturated carbocycles. The Bertz CT molecular complexity index is 1360. The molecular weight excluding hydrogens is 463 g/mol. The van der Waals surface area contributed by atoms with Crippen LogP contribution < -0.4 is 15.8 Å². The monoisotopic (exact) mass is 482 g/mol. The number of hydrogen-bond acceptors (Lipinski definition) is 7. The molecule has 4 aromatic rings. The summed E-state index contributed by atoms with van der Waals surface area (Å²) in [5.41, 5.74) is 3.03. The average Bonchev–Trinajstić information content (AvgIpc) is 2.83. The van der Waals surface area contributed by atoms with E-state index in [4.69, 9.17) is 27.9 Å². The fourth-order valence-electron chi connectivity index (χ4n) is 3.77. The number of nitrogens with one attached hydrogen (secondary N) is 1. The van der Waals surface area contributed by atoms with Crippen LogP contribution in [0.5, 0.6) is 0 Å². The fourth-order valence-corrected chi connectivity index (χ4v) is 4.35. The molecule has 2 aromatic heterocycles. The number of aromatic nitrogens is 4. The van der Waals surface area contributed by atoms with Crippen LogP contribution in [0.25, 0.3) is 22.4 Å². The summed E-state index contributed by atoms with van der Waals surface area (Å²) in [4.78, 5) is 28.7. The molecule has 1 aliphatic heterocycles. The molecule has 3 heterocycles. The van der Waals surface area contributed by atoms with Crippen molar-refractivity contribution in [1.82, 2.24) is 19.5 Å². The Morgan fingerprint density at radius 2 is 1.70 bits per heavy atom. The minimum Gasteiger partial charge on any atom is -0.378 e. The van der Waals surface area contributed by atoms with Gasteiger partial charge in [-0.1, -0.05) is 29.3 Å². The van der Waals surface area contributed by atoms with Crippen molar-refractivity contribution in [2.45, 2.75) is 0 Å². The summed E-state index contributed by atoms with van der Waals surface area (Å²) in [6, 6.07) is 13.1. The summed E-state index contributed by atoms with van der Waals surface area (Å²) in [6.45, 7) is 3.23. The number of aryl methyl sites for hydroxylation is 1. The zero-order chi connectivity index (χ0) is 22.9. The number of benzene rings is 2. The van der Waals surface area contributed by atoms with Crippen molar-refractivity contribution in [2.24, 2.45) is 7.05 Å². The van der Waals surface area contributed by atoms with Crippen LogP contribution in [0.15, 0.2) is 53.5 Å². The van der Waals surface area contributed by atoms with Gasteiger partial charge in [-0.05, 0) is 36.4 Å². The van der Waals surface area contributed by atoms with E-state index in [2.05, 4.69) is 25.2 Å². The molecule has 1 aliphatic rings. The Morgan fingerprint density at radius 1 is 1.00 bits per heavy atom. The van der Waals surface area contributed by atoms with Crippen molar-refractivity contribution in [3.8, 4) is 11.3 Å². The lowest BCUT2D eigenvalue weighted by atomic mass is 10.1. The van der Waals surface area contributed by atoms with E-state index in [-0.39, 0.29) is 11.3 Å². The third kappa shape index (κ3) is 4.25. The molecule has 0 unspecified atom stereocenters. The second-order valence-electron chi connectivity index (χ2n) is 7.59. The molecule has 5 rings (SSSR count). The second kappa shape index (κ2) is 8.97. The number of halogens is 2. The van der Waals surface area contributed by atoms with Crippen LogP contribution in [0.3, 0.4) is 0 Å². The number of morpholine rings is 1. The smallest absolute Gasteiger partial charge is 0.278 e. The minimum atomic E-state index is -0.350. The van der Waals surface area contributed by atoms with E-state index in [9.17, 15) is 4.79 Å². The highest BCUT2D eigenvalue weighted by molar-refractivity contribution is 6.39. The highest BCUT2D eigenvalue weighted by atomic mass is 35.5. The lowest BCUT2D eigenvalue weighted by molar-refractivity contribution is 0.122. The molecule has 0 radical (unpaired) electrons. The van der Waals surface area contributed by atoms with Gasteiger partial charge in [0.15, 0.2) is 5.65 Å². The molecule has 0 aliphatic carbocycles. The molecule has 0 spiro atoms. The first-order chi connectivity index (χ1) is 16.0. The van der Waals surface area contributed by atoms with E-state index in [0.717, 1.165) is 37.7 Å². The maximum atomic E-state index is 13.0. The van der Waals surface area contributed by atoms with E-state index in [1.54, 1.807) is 31.4 Å². The molecule has 0 bridgehead atoms. The number of anilines is 3. The van der Waals surface area contributed by atoms with Crippen molar-refractivity contribution >= 4 is 51.7 Å². The summed E-state index contributed by atoms with van der Waals surface area (Å²) in [5.74, 6) is 0.363. The zero-order valence-electron chi connectivity index (χ0n) is 17.8. The van der Waals surface area contributed by atoms with Gasteiger partial charge in [-0.3, -0.25) is 9.36 Å². The SMILES string of the molecule is Cn1c(=O)c(-c2c(Cl)cccc2Cl)nc2cnc(Nc3ccc(N4CCOCC4)cc3)nc21. The van der Waals surface area contributed by atoms with E-state index in [1.807, 2.05) is 24.3 Å². The predicted molar refractivity (Wildman–Crippen MR) is 131 cm³/mol. The third-order valence-corrected chi connectivity index (χ3v) is 6.14. The normalized spacial score (nSPS) is 14.0. The van der Waals surface area contributed by atoms with Gasteiger partial charge in [-0.2, -0.15) is 4.98 Å². The molecular formula is C23H20Cl2N6O2. The first kappa shape index (κ1) is 21.6. The Kier molecular flexibility index (Phi) is 5.88. The minimum absolute atomic E-state index is 0.156. The van der Waals surface area contributed by atoms with Crippen LogP contribution in [0.1, 0.15) is 0 Å². The van der Waals surface area contributed by atoms with Crippen LogP contribution in [-0.2, 0) is 11.8 Å². The molecule has 1 saturated heterocycles. The summed E-state index contributed by atoms with van der Waals surface area (Å²) in [7, 11) is 1.63. The summed E-state index contributed by atoms with van der Waals surface area (Å²) < 4.78 is 6.83. The maximum absolute atomic E-state index is 13.0. The van der Waals surface area contributed by atoms with Gasteiger partial charge in [-0.15, -0.1) is 0 Å². The molecule has 168 valence electrons. The Labute approximate surface area is 199 Å². The molecule has 1 fully saturated rings. The number of ether oxygens (including phenoxy) is 1. The van der Waals surface area contributed by atoms with Crippen molar-refractivity contribution < 1.29 is 4.74 Å². The van der Waals surface area contributed by atoms with Crippen LogP contribution in [-0.4, -0.2) is 45.8 Å². The summed E-state index contributed by atoms with van der Waals surface area (Å²) in [5, 5.41) is 3.89. The summed E-state index contributed by atoms with van der Waals surface area (Å²) in [6.07, 6.45) is 1.57. The maximum Gasteiger partial charge on any atom is 0.278 e. The highest BCUT2D eigenvalue weighted by Crippen LogP contribution is 2.32. The van der Waals surface area contributed by atoms with E-state index in [0.29, 0.717) is 32.7 Å². The zero-order valence-corrected chi connectivity index (χ0v) is 19.3. The highest BCUT2D eigenvalue weighted by Gasteiger charge is 2.18. The van der Waals surface area contributed by atoms with Crippen LogP contribution in [0.2, 0.25) is 10.0 Å². The molecule has 1 N–H and O–H groups in total. The number of rotatable bonds is 4. The largest absolute Gasteiger partial charge is 0.378 e. The third-order valence-electron chi connectivity index (χ3n) is 5.51. The van der Waals surface area contributed by atoms with Crippen LogP contribution in [0, 0.1) is 0 Å². The van der Waals surface area contributed by atoms with Crippen LogP contribution in [0.4, 0.5) is 17.3 Å². The fraction of sp³-hybridized carbons (Fsp3) is 0.217. The van der Waals surface area contributed by atoms with Gasteiger partial charge in [0.2, 0.25) is 5.95 Å². The number of hydrogen-bond donors (Lipinski definition) is 1. The van der Waals surface area contributed by atoms with Crippen molar-refractivity contribution in [2.75, 3.05) is 36.5 Å². The predicted octanol–water partition coefficient (Wildman–Crippen LogP) is 4.28. The first-order valence-electron chi connectivity index (χ1n) is 10.4. The van der Waals surface area contributed by atoms with Gasteiger partial charge in [0.1, 0.15) is 11.2 Å². The molecule has 0 atom stereocenters. The first-order valence-corrected chi connectivity index (χ1v) is 11.1. The average molecular weight is 483 g/mol. The van der Waals surface area contributed by atoms with Gasteiger partial charge in [-0.25, -0.2) is 9.97 Å². The number of nitrogens with zero attached hydrogens (tertiary/aromatic N) is 5. The lowest BCUT2D eigenvalue weighted by Crippen LogP contribution is -2.36. The van der Waals surface area contributed by atoms with E-state index < -0.39 is 0 Å². The molecule has 33 heavy (non-hydrogen) atoms. The Hall–Kier alpha value is -3.20. The number of fused-ring (bicyclic) bond motifs is 1. The van der Waals surface area contributed by atoms with Crippen molar-refractivity contribution in [1.29, 1.82) is 0 Å². The quantitative estimate of drug-likeness (QED) is 0.464. The molecule has 2 aromatic carbocycles. The van der Waals surface area contributed by atoms with Crippen molar-refractivity contribution in [3.63, 3.8) is 0 Å². The van der Waals surface area contributed by atoms with Gasteiger partial charge < -0.3 is 15.0 Å². The lowest BCUT2D eigenvalue weighted by Gasteiger charge is -2.28. The van der Waals surface area contributed by atoms with Crippen molar-refractivity contribution in [3.05, 3.63) is 69.1 Å². The second-order valence-corrected chi connectivity index (χ2v) is 8.41.